The van der Waals surface area contributed by atoms with Gasteiger partial charge in [0.15, 0.2) is 11.5 Å². The molecule has 0 aromatic heterocycles. The summed E-state index contributed by atoms with van der Waals surface area (Å²) < 4.78 is 11.0. The molecule has 0 spiro atoms. The minimum Gasteiger partial charge on any atom is -0.454 e. The first-order chi connectivity index (χ1) is 18.5. The molecule has 2 amide bonds. The highest BCUT2D eigenvalue weighted by atomic mass is 35.5. The molecule has 0 aliphatic carbocycles. The van der Waals surface area contributed by atoms with E-state index in [0.717, 1.165) is 49.7 Å². The van der Waals surface area contributed by atoms with Crippen LogP contribution in [0.2, 0.25) is 5.02 Å². The molecule has 0 N–H and O–H groups in total. The van der Waals surface area contributed by atoms with Crippen LogP contribution in [0.25, 0.3) is 0 Å². The second-order valence-corrected chi connectivity index (χ2v) is 11.2. The van der Waals surface area contributed by atoms with Crippen molar-refractivity contribution in [2.24, 2.45) is 11.8 Å². The summed E-state index contributed by atoms with van der Waals surface area (Å²) in [5, 5.41) is 0.635. The summed E-state index contributed by atoms with van der Waals surface area (Å²) in [6, 6.07) is 13.9. The van der Waals surface area contributed by atoms with Gasteiger partial charge in [-0.1, -0.05) is 23.7 Å². The molecule has 0 atom stereocenters. The molecule has 3 aliphatic heterocycles. The first kappa shape index (κ1) is 26.8. The van der Waals surface area contributed by atoms with Gasteiger partial charge in [0.25, 0.3) is 0 Å². The summed E-state index contributed by atoms with van der Waals surface area (Å²) in [6.07, 6.45) is 5.78. The van der Waals surface area contributed by atoms with Crippen molar-refractivity contribution in [1.82, 2.24) is 9.80 Å². The Morgan fingerprint density at radius 1 is 0.974 bits per heavy atom. The molecule has 7 nitrogen and oxygen atoms in total. The highest BCUT2D eigenvalue weighted by Crippen LogP contribution is 2.34. The summed E-state index contributed by atoms with van der Waals surface area (Å²) in [6.45, 7) is 7.03. The zero-order chi connectivity index (χ0) is 26.5. The number of benzene rings is 2. The zero-order valence-electron chi connectivity index (χ0n) is 22.2. The Hall–Kier alpha value is -2.77. The number of hydrogen-bond acceptors (Lipinski definition) is 5. The normalized spacial score (nSPS) is 18.5. The lowest BCUT2D eigenvalue weighted by molar-refractivity contribution is -0.133. The molecule has 2 aromatic carbocycles. The summed E-state index contributed by atoms with van der Waals surface area (Å²) in [7, 11) is 0. The van der Waals surface area contributed by atoms with Crippen LogP contribution in [0.3, 0.4) is 0 Å². The Morgan fingerprint density at radius 3 is 2.47 bits per heavy atom. The summed E-state index contributed by atoms with van der Waals surface area (Å²) in [5.74, 6) is 2.56. The number of halogens is 1. The molecular formula is C30H38ClN3O4. The van der Waals surface area contributed by atoms with Gasteiger partial charge in [0.1, 0.15) is 0 Å². The van der Waals surface area contributed by atoms with Gasteiger partial charge >= 0.3 is 0 Å². The van der Waals surface area contributed by atoms with Gasteiger partial charge in [-0.05, 0) is 100.0 Å². The maximum Gasteiger partial charge on any atom is 0.231 e. The van der Waals surface area contributed by atoms with Gasteiger partial charge in [-0.15, -0.1) is 0 Å². The SMILES string of the molecule is CC(=O)N1CCC(C(=O)N(CCCN2CCC(Cc3ccc4c(c3)OCO4)CC2)c2cccc(Cl)c2)CC1. The van der Waals surface area contributed by atoms with Crippen LogP contribution in [0.4, 0.5) is 5.69 Å². The fourth-order valence-corrected chi connectivity index (χ4v) is 6.12. The molecule has 8 heteroatoms. The third kappa shape index (κ3) is 6.62. The van der Waals surface area contributed by atoms with E-state index in [1.54, 1.807) is 6.92 Å². The van der Waals surface area contributed by atoms with E-state index in [2.05, 4.69) is 17.0 Å². The van der Waals surface area contributed by atoms with Crippen molar-refractivity contribution in [1.29, 1.82) is 0 Å². The first-order valence-electron chi connectivity index (χ1n) is 13.9. The predicted molar refractivity (Wildman–Crippen MR) is 149 cm³/mol. The molecule has 0 unspecified atom stereocenters. The van der Waals surface area contributed by atoms with E-state index < -0.39 is 0 Å². The Labute approximate surface area is 230 Å². The van der Waals surface area contributed by atoms with Crippen molar-refractivity contribution in [2.45, 2.75) is 45.4 Å². The van der Waals surface area contributed by atoms with Crippen LogP contribution in [-0.4, -0.2) is 67.7 Å². The number of piperidine rings is 2. The monoisotopic (exact) mass is 539 g/mol. The van der Waals surface area contributed by atoms with Gasteiger partial charge in [-0.25, -0.2) is 0 Å². The van der Waals surface area contributed by atoms with Crippen molar-refractivity contribution in [3.8, 4) is 11.5 Å². The summed E-state index contributed by atoms with van der Waals surface area (Å²) in [4.78, 5) is 31.6. The van der Waals surface area contributed by atoms with Crippen LogP contribution in [0, 0.1) is 11.8 Å². The van der Waals surface area contributed by atoms with Gasteiger partial charge in [0, 0.05) is 43.2 Å². The quantitative estimate of drug-likeness (QED) is 0.472. The van der Waals surface area contributed by atoms with E-state index >= 15 is 0 Å². The number of fused-ring (bicyclic) bond motifs is 1. The van der Waals surface area contributed by atoms with E-state index in [9.17, 15) is 9.59 Å². The Bertz CT molecular complexity index is 1130. The number of carbonyl (C=O) groups excluding carboxylic acids is 2. The number of rotatable bonds is 8. The van der Waals surface area contributed by atoms with Crippen LogP contribution in [-0.2, 0) is 16.0 Å². The average molecular weight is 540 g/mol. The first-order valence-corrected chi connectivity index (χ1v) is 14.3. The molecule has 0 radical (unpaired) electrons. The number of anilines is 1. The van der Waals surface area contributed by atoms with Crippen molar-refractivity contribution in [3.63, 3.8) is 0 Å². The maximum atomic E-state index is 13.6. The van der Waals surface area contributed by atoms with Gasteiger partial charge in [0.05, 0.1) is 0 Å². The standard InChI is InChI=1S/C30H38ClN3O4/c1-22(35)33-16-10-25(11-17-33)30(36)34(27-5-2-4-26(31)20-27)13-3-12-32-14-8-23(9-15-32)18-24-6-7-28-29(19-24)38-21-37-28/h2,4-7,19-20,23,25H,3,8-18,21H2,1H3. The van der Waals surface area contributed by atoms with E-state index in [1.165, 1.54) is 18.4 Å². The van der Waals surface area contributed by atoms with Crippen LogP contribution in [0.15, 0.2) is 42.5 Å². The Balaban J connectivity index is 1.11. The van der Waals surface area contributed by atoms with Crippen LogP contribution >= 0.6 is 11.6 Å². The molecule has 5 rings (SSSR count). The highest BCUT2D eigenvalue weighted by Gasteiger charge is 2.30. The number of likely N-dealkylation sites (tertiary alicyclic amines) is 2. The van der Waals surface area contributed by atoms with Gasteiger partial charge in [-0.3, -0.25) is 9.59 Å². The molecule has 0 bridgehead atoms. The van der Waals surface area contributed by atoms with E-state index in [-0.39, 0.29) is 17.7 Å². The molecule has 204 valence electrons. The second-order valence-electron chi connectivity index (χ2n) is 10.8. The topological polar surface area (TPSA) is 62.3 Å². The number of carbonyl (C=O) groups is 2. The molecule has 2 fully saturated rings. The van der Waals surface area contributed by atoms with E-state index in [0.29, 0.717) is 50.2 Å². The summed E-state index contributed by atoms with van der Waals surface area (Å²) in [5.41, 5.74) is 2.18. The molecular weight excluding hydrogens is 502 g/mol. The molecule has 3 heterocycles. The largest absolute Gasteiger partial charge is 0.454 e. The molecule has 3 aliphatic rings. The third-order valence-corrected chi connectivity index (χ3v) is 8.44. The fraction of sp³-hybridized carbons (Fsp3) is 0.533. The molecule has 2 aromatic rings. The predicted octanol–water partition coefficient (Wildman–Crippen LogP) is 5.01. The number of nitrogens with zero attached hydrogens (tertiary/aromatic N) is 3. The minimum atomic E-state index is -0.0588. The lowest BCUT2D eigenvalue weighted by atomic mass is 9.90. The minimum absolute atomic E-state index is 0.0588. The van der Waals surface area contributed by atoms with Crippen molar-refractivity contribution in [2.75, 3.05) is 51.0 Å². The Morgan fingerprint density at radius 2 is 1.74 bits per heavy atom. The van der Waals surface area contributed by atoms with Crippen LogP contribution < -0.4 is 14.4 Å². The smallest absolute Gasteiger partial charge is 0.231 e. The summed E-state index contributed by atoms with van der Waals surface area (Å²) >= 11 is 6.28. The number of ether oxygens (including phenoxy) is 2. The van der Waals surface area contributed by atoms with Crippen molar-refractivity contribution >= 4 is 29.1 Å². The number of hydrogen-bond donors (Lipinski definition) is 0. The maximum absolute atomic E-state index is 13.6. The van der Waals surface area contributed by atoms with E-state index in [1.807, 2.05) is 40.1 Å². The van der Waals surface area contributed by atoms with Crippen molar-refractivity contribution < 1.29 is 19.1 Å². The van der Waals surface area contributed by atoms with Crippen LogP contribution in [0.1, 0.15) is 44.6 Å². The second kappa shape index (κ2) is 12.4. The van der Waals surface area contributed by atoms with Crippen molar-refractivity contribution in [3.05, 3.63) is 53.1 Å². The molecule has 2 saturated heterocycles. The third-order valence-electron chi connectivity index (χ3n) is 8.20. The van der Waals surface area contributed by atoms with Gasteiger partial charge in [-0.2, -0.15) is 0 Å². The molecule has 0 saturated carbocycles. The van der Waals surface area contributed by atoms with Gasteiger partial charge in [0.2, 0.25) is 18.6 Å². The van der Waals surface area contributed by atoms with E-state index in [4.69, 9.17) is 21.1 Å². The number of amides is 2. The average Bonchev–Trinajstić information content (AvgIpc) is 3.40. The van der Waals surface area contributed by atoms with Gasteiger partial charge < -0.3 is 24.2 Å². The zero-order valence-corrected chi connectivity index (χ0v) is 23.0. The van der Waals surface area contributed by atoms with Crippen LogP contribution in [0.5, 0.6) is 11.5 Å². The lowest BCUT2D eigenvalue weighted by Crippen LogP contribution is -2.45. The highest BCUT2D eigenvalue weighted by molar-refractivity contribution is 6.30. The Kier molecular flexibility index (Phi) is 8.75. The fourth-order valence-electron chi connectivity index (χ4n) is 5.94. The lowest BCUT2D eigenvalue weighted by Gasteiger charge is -2.35. The molecule has 38 heavy (non-hydrogen) atoms.